The molecule has 0 bridgehead atoms. The van der Waals surface area contributed by atoms with Gasteiger partial charge < -0.3 is 5.32 Å². The summed E-state index contributed by atoms with van der Waals surface area (Å²) in [6, 6.07) is 19.3. The highest BCUT2D eigenvalue weighted by molar-refractivity contribution is 14.1. The number of hydrogen-bond donors (Lipinski definition) is 1. The summed E-state index contributed by atoms with van der Waals surface area (Å²) in [6.07, 6.45) is 0. The Bertz CT molecular complexity index is 1180. The monoisotopic (exact) mass is 534 g/mol. The molecule has 0 saturated carbocycles. The van der Waals surface area contributed by atoms with Crippen molar-refractivity contribution in [2.24, 2.45) is 0 Å². The van der Waals surface area contributed by atoms with E-state index in [0.717, 1.165) is 20.3 Å². The summed E-state index contributed by atoms with van der Waals surface area (Å²) >= 11 is 2.21. The first-order valence-corrected chi connectivity index (χ1v) is 11.9. The van der Waals surface area contributed by atoms with E-state index in [1.165, 1.54) is 16.4 Å². The maximum absolute atomic E-state index is 13.4. The molecule has 0 fully saturated rings. The van der Waals surface area contributed by atoms with Crippen molar-refractivity contribution in [2.45, 2.75) is 25.7 Å². The van der Waals surface area contributed by atoms with Crippen molar-refractivity contribution in [1.29, 1.82) is 0 Å². The predicted molar refractivity (Wildman–Crippen MR) is 129 cm³/mol. The number of nitrogens with zero attached hydrogens (tertiary/aromatic N) is 1. The Morgan fingerprint density at radius 1 is 0.933 bits per heavy atom. The molecule has 0 heterocycles. The summed E-state index contributed by atoms with van der Waals surface area (Å²) in [5.74, 6) is -0.404. The molecule has 0 spiro atoms. The molecule has 0 aliphatic heterocycles. The van der Waals surface area contributed by atoms with E-state index in [4.69, 9.17) is 0 Å². The summed E-state index contributed by atoms with van der Waals surface area (Å²) in [4.78, 5) is 13.0. The number of nitrogens with one attached hydrogen (secondary N) is 1. The quantitative estimate of drug-likeness (QED) is 0.451. The second kappa shape index (κ2) is 9.18. The summed E-state index contributed by atoms with van der Waals surface area (Å²) in [6.45, 7) is 5.36. The number of carbonyl (C=O) groups is 1. The Hall–Kier alpha value is -2.39. The lowest BCUT2D eigenvalue weighted by Gasteiger charge is -2.26. The van der Waals surface area contributed by atoms with Gasteiger partial charge in [-0.15, -0.1) is 0 Å². The van der Waals surface area contributed by atoms with Gasteiger partial charge in [-0.2, -0.15) is 0 Å². The minimum atomic E-state index is -3.92. The van der Waals surface area contributed by atoms with E-state index in [1.54, 1.807) is 24.3 Å². The van der Waals surface area contributed by atoms with E-state index in [1.807, 2.05) is 51.1 Å². The largest absolute Gasteiger partial charge is 0.324 e. The molecule has 5 nitrogen and oxygen atoms in total. The van der Waals surface area contributed by atoms with Crippen LogP contribution in [0, 0.1) is 24.3 Å². The predicted octanol–water partition coefficient (Wildman–Crippen LogP) is 5.05. The molecular formula is C23H23IN2O3S. The van der Waals surface area contributed by atoms with Gasteiger partial charge in [-0.25, -0.2) is 8.42 Å². The van der Waals surface area contributed by atoms with Crippen molar-refractivity contribution < 1.29 is 13.2 Å². The van der Waals surface area contributed by atoms with Crippen LogP contribution in [-0.2, 0) is 14.8 Å². The lowest BCUT2D eigenvalue weighted by molar-refractivity contribution is -0.114. The SMILES string of the molecule is Cc1ccc(N(CC(=O)Nc2ccc(I)cc2C)S(=O)(=O)c2ccccc2)c(C)c1. The summed E-state index contributed by atoms with van der Waals surface area (Å²) in [5.41, 5.74) is 3.87. The average Bonchev–Trinajstić information content (AvgIpc) is 2.69. The van der Waals surface area contributed by atoms with Crippen LogP contribution < -0.4 is 9.62 Å². The smallest absolute Gasteiger partial charge is 0.264 e. The third-order valence-electron chi connectivity index (χ3n) is 4.70. The first-order chi connectivity index (χ1) is 14.2. The molecule has 1 N–H and O–H groups in total. The lowest BCUT2D eigenvalue weighted by Crippen LogP contribution is -2.38. The Labute approximate surface area is 191 Å². The molecule has 0 saturated heterocycles. The molecule has 3 aromatic rings. The van der Waals surface area contributed by atoms with Crippen LogP contribution in [0.15, 0.2) is 71.6 Å². The van der Waals surface area contributed by atoms with E-state index in [0.29, 0.717) is 11.4 Å². The fraction of sp³-hybridized carbons (Fsp3) is 0.174. The van der Waals surface area contributed by atoms with Crippen LogP contribution in [0.3, 0.4) is 0 Å². The zero-order valence-electron chi connectivity index (χ0n) is 17.0. The second-order valence-corrected chi connectivity index (χ2v) is 10.2. The first kappa shape index (κ1) is 22.3. The number of aryl methyl sites for hydroxylation is 3. The van der Waals surface area contributed by atoms with Crippen molar-refractivity contribution in [3.8, 4) is 0 Å². The van der Waals surface area contributed by atoms with E-state index in [-0.39, 0.29) is 11.4 Å². The van der Waals surface area contributed by atoms with Crippen LogP contribution in [-0.4, -0.2) is 20.9 Å². The highest BCUT2D eigenvalue weighted by Gasteiger charge is 2.28. The molecule has 0 atom stereocenters. The Morgan fingerprint density at radius 3 is 2.27 bits per heavy atom. The molecule has 30 heavy (non-hydrogen) atoms. The molecule has 0 radical (unpaired) electrons. The topological polar surface area (TPSA) is 66.5 Å². The van der Waals surface area contributed by atoms with Crippen molar-refractivity contribution in [3.63, 3.8) is 0 Å². The normalized spacial score (nSPS) is 11.2. The average molecular weight is 534 g/mol. The van der Waals surface area contributed by atoms with Crippen LogP contribution in [0.4, 0.5) is 11.4 Å². The molecule has 1 amide bonds. The number of sulfonamides is 1. The molecule has 0 unspecified atom stereocenters. The second-order valence-electron chi connectivity index (χ2n) is 7.12. The molecule has 7 heteroatoms. The molecule has 0 aliphatic rings. The number of rotatable bonds is 6. The van der Waals surface area contributed by atoms with Crippen LogP contribution in [0.2, 0.25) is 0 Å². The first-order valence-electron chi connectivity index (χ1n) is 9.39. The molecule has 0 aliphatic carbocycles. The van der Waals surface area contributed by atoms with Gasteiger partial charge in [0.1, 0.15) is 6.54 Å². The lowest BCUT2D eigenvalue weighted by atomic mass is 10.1. The van der Waals surface area contributed by atoms with E-state index < -0.39 is 15.9 Å². The van der Waals surface area contributed by atoms with Gasteiger partial charge in [0.05, 0.1) is 10.6 Å². The maximum atomic E-state index is 13.4. The highest BCUT2D eigenvalue weighted by atomic mass is 127. The standard InChI is InChI=1S/C23H23IN2O3S/c1-16-9-12-22(18(3)13-16)26(30(28,29)20-7-5-4-6-8-20)15-23(27)25-21-11-10-19(24)14-17(21)2/h4-14H,15H2,1-3H3,(H,25,27). The number of hydrogen-bond acceptors (Lipinski definition) is 3. The molecular weight excluding hydrogens is 511 g/mol. The fourth-order valence-electron chi connectivity index (χ4n) is 3.19. The van der Waals surface area contributed by atoms with Crippen molar-refractivity contribution in [3.05, 3.63) is 87.0 Å². The van der Waals surface area contributed by atoms with Crippen molar-refractivity contribution in [2.75, 3.05) is 16.2 Å². The molecule has 156 valence electrons. The fourth-order valence-corrected chi connectivity index (χ4v) is 5.35. The number of carbonyl (C=O) groups excluding carboxylic acids is 1. The Balaban J connectivity index is 1.98. The van der Waals surface area contributed by atoms with Gasteiger partial charge in [0.15, 0.2) is 0 Å². The number of benzene rings is 3. The minimum Gasteiger partial charge on any atom is -0.324 e. The van der Waals surface area contributed by atoms with E-state index in [9.17, 15) is 13.2 Å². The van der Waals surface area contributed by atoms with Crippen LogP contribution in [0.25, 0.3) is 0 Å². The van der Waals surface area contributed by atoms with Gasteiger partial charge in [-0.3, -0.25) is 9.10 Å². The van der Waals surface area contributed by atoms with Gasteiger partial charge in [0.25, 0.3) is 10.0 Å². The number of halogens is 1. The summed E-state index contributed by atoms with van der Waals surface area (Å²) in [5, 5.41) is 2.84. The maximum Gasteiger partial charge on any atom is 0.264 e. The minimum absolute atomic E-state index is 0.142. The highest BCUT2D eigenvalue weighted by Crippen LogP contribution is 2.28. The molecule has 3 aromatic carbocycles. The van der Waals surface area contributed by atoms with Crippen LogP contribution in [0.5, 0.6) is 0 Å². The van der Waals surface area contributed by atoms with Crippen molar-refractivity contribution in [1.82, 2.24) is 0 Å². The summed E-state index contributed by atoms with van der Waals surface area (Å²) in [7, 11) is -3.92. The van der Waals surface area contributed by atoms with Gasteiger partial charge in [-0.1, -0.05) is 35.9 Å². The Kier molecular flexibility index (Phi) is 6.82. The van der Waals surface area contributed by atoms with Gasteiger partial charge in [0, 0.05) is 9.26 Å². The third-order valence-corrected chi connectivity index (χ3v) is 7.15. The van der Waals surface area contributed by atoms with Crippen LogP contribution >= 0.6 is 22.6 Å². The van der Waals surface area contributed by atoms with E-state index >= 15 is 0 Å². The van der Waals surface area contributed by atoms with Gasteiger partial charge in [-0.05, 0) is 90.9 Å². The van der Waals surface area contributed by atoms with E-state index in [2.05, 4.69) is 27.9 Å². The number of anilines is 2. The van der Waals surface area contributed by atoms with Gasteiger partial charge >= 0.3 is 0 Å². The summed E-state index contributed by atoms with van der Waals surface area (Å²) < 4.78 is 29.1. The van der Waals surface area contributed by atoms with Crippen LogP contribution in [0.1, 0.15) is 16.7 Å². The zero-order valence-corrected chi connectivity index (χ0v) is 20.0. The molecule has 0 aromatic heterocycles. The third kappa shape index (κ3) is 5.02. The number of amides is 1. The molecule has 3 rings (SSSR count). The van der Waals surface area contributed by atoms with Crippen molar-refractivity contribution >= 4 is 49.9 Å². The van der Waals surface area contributed by atoms with Gasteiger partial charge in [0.2, 0.25) is 5.91 Å². The zero-order chi connectivity index (χ0) is 21.9. The Morgan fingerprint density at radius 2 is 1.63 bits per heavy atom.